The van der Waals surface area contributed by atoms with Gasteiger partial charge in [0, 0.05) is 19.3 Å². The Morgan fingerprint density at radius 2 is 0.506 bits per heavy atom. The monoisotopic (exact) mass is 1070 g/mol. The number of ether oxygens (including phenoxy) is 3. The number of unbranched alkanes of at least 4 members (excludes halogenated alkanes) is 29. The summed E-state index contributed by atoms with van der Waals surface area (Å²) in [6.45, 7) is 6.46. The molecule has 1 atom stereocenters. The molecule has 0 aliphatic heterocycles. The second kappa shape index (κ2) is 64.6. The van der Waals surface area contributed by atoms with Gasteiger partial charge in [-0.15, -0.1) is 0 Å². The Hall–Kier alpha value is -3.93. The van der Waals surface area contributed by atoms with Crippen molar-refractivity contribution in [1.82, 2.24) is 0 Å². The summed E-state index contributed by atoms with van der Waals surface area (Å²) in [7, 11) is 0. The van der Waals surface area contributed by atoms with E-state index in [0.29, 0.717) is 19.3 Å². The first kappa shape index (κ1) is 73.1. The van der Waals surface area contributed by atoms with Crippen LogP contribution in [0.1, 0.15) is 303 Å². The van der Waals surface area contributed by atoms with E-state index in [-0.39, 0.29) is 31.1 Å². The smallest absolute Gasteiger partial charge is 0.306 e. The molecule has 77 heavy (non-hydrogen) atoms. The molecule has 6 heteroatoms. The first-order valence-electron chi connectivity index (χ1n) is 32.4. The first-order valence-corrected chi connectivity index (χ1v) is 32.4. The molecule has 0 heterocycles. The maximum absolute atomic E-state index is 12.9. The van der Waals surface area contributed by atoms with Gasteiger partial charge in [-0.05, 0) is 128 Å². The molecule has 0 aromatic heterocycles. The predicted molar refractivity (Wildman–Crippen MR) is 334 cm³/mol. The van der Waals surface area contributed by atoms with E-state index < -0.39 is 6.10 Å². The molecule has 0 bridgehead atoms. The van der Waals surface area contributed by atoms with E-state index in [4.69, 9.17) is 14.2 Å². The molecule has 0 fully saturated rings. The lowest BCUT2D eigenvalue weighted by molar-refractivity contribution is -0.167. The van der Waals surface area contributed by atoms with E-state index in [2.05, 4.69) is 130 Å². The summed E-state index contributed by atoms with van der Waals surface area (Å²) in [5.74, 6) is -0.942. The minimum absolute atomic E-state index is 0.0959. The highest BCUT2D eigenvalue weighted by atomic mass is 16.6. The maximum Gasteiger partial charge on any atom is 0.306 e. The van der Waals surface area contributed by atoms with Gasteiger partial charge in [0.15, 0.2) is 6.10 Å². The fraction of sp³-hybridized carbons (Fsp3) is 0.704. The topological polar surface area (TPSA) is 78.9 Å². The molecule has 6 nitrogen and oxygen atoms in total. The fourth-order valence-electron chi connectivity index (χ4n) is 8.88. The van der Waals surface area contributed by atoms with Crippen molar-refractivity contribution in [2.75, 3.05) is 13.2 Å². The SMILES string of the molecule is CC/C=C\C/C=C\C/C=C\C/C=C\CCCCC(=O)OCC(COC(=O)CCCCCCCCCCCCCC/C=C\C/C=C\C/C=C\CCCCCCC)OC(=O)CCCCCCCCC/C=C\C/C=C\CCCCC. The Bertz CT molecular complexity index is 1560. The van der Waals surface area contributed by atoms with Crippen molar-refractivity contribution < 1.29 is 28.6 Å². The number of carbonyl (C=O) groups excluding carboxylic acids is 3. The van der Waals surface area contributed by atoms with Crippen molar-refractivity contribution in [3.05, 3.63) is 109 Å². The van der Waals surface area contributed by atoms with E-state index >= 15 is 0 Å². The average Bonchev–Trinajstić information content (AvgIpc) is 3.43. The average molecular weight is 1070 g/mol. The van der Waals surface area contributed by atoms with Crippen molar-refractivity contribution in [3.8, 4) is 0 Å². The Kier molecular flexibility index (Phi) is 61.3. The molecule has 0 N–H and O–H groups in total. The van der Waals surface area contributed by atoms with Gasteiger partial charge < -0.3 is 14.2 Å². The summed E-state index contributed by atoms with van der Waals surface area (Å²) < 4.78 is 16.9. The minimum atomic E-state index is -0.803. The van der Waals surface area contributed by atoms with Crippen LogP contribution in [-0.4, -0.2) is 37.2 Å². The number of hydrogen-bond donors (Lipinski definition) is 0. The zero-order chi connectivity index (χ0) is 55.7. The molecule has 0 radical (unpaired) electrons. The molecule has 0 aromatic carbocycles. The molecule has 1 unspecified atom stereocenters. The van der Waals surface area contributed by atoms with Gasteiger partial charge in [0.2, 0.25) is 0 Å². The van der Waals surface area contributed by atoms with E-state index in [9.17, 15) is 14.4 Å². The molecular formula is C71H120O6. The molecule has 0 aliphatic rings. The van der Waals surface area contributed by atoms with Crippen LogP contribution < -0.4 is 0 Å². The van der Waals surface area contributed by atoms with E-state index in [0.717, 1.165) is 109 Å². The third kappa shape index (κ3) is 62.8. The van der Waals surface area contributed by atoms with Gasteiger partial charge >= 0.3 is 17.9 Å². The Morgan fingerprint density at radius 3 is 0.844 bits per heavy atom. The Balaban J connectivity index is 4.35. The minimum Gasteiger partial charge on any atom is -0.462 e. The maximum atomic E-state index is 12.9. The predicted octanol–water partition coefficient (Wildman–Crippen LogP) is 22.2. The van der Waals surface area contributed by atoms with Crippen molar-refractivity contribution in [1.29, 1.82) is 0 Å². The summed E-state index contributed by atoms with van der Waals surface area (Å²) in [6.07, 6.45) is 88.1. The third-order valence-electron chi connectivity index (χ3n) is 13.7. The lowest BCUT2D eigenvalue weighted by Gasteiger charge is -2.18. The number of rotatable bonds is 58. The number of allylic oxidation sites excluding steroid dienone is 18. The zero-order valence-electron chi connectivity index (χ0n) is 50.4. The van der Waals surface area contributed by atoms with Crippen molar-refractivity contribution >= 4 is 17.9 Å². The van der Waals surface area contributed by atoms with Crippen LogP contribution in [0, 0.1) is 0 Å². The third-order valence-corrected chi connectivity index (χ3v) is 13.7. The summed E-state index contributed by atoms with van der Waals surface area (Å²) in [6, 6.07) is 0. The van der Waals surface area contributed by atoms with E-state index in [1.165, 1.54) is 154 Å². The van der Waals surface area contributed by atoms with Crippen LogP contribution in [0.15, 0.2) is 109 Å². The number of hydrogen-bond acceptors (Lipinski definition) is 6. The van der Waals surface area contributed by atoms with Gasteiger partial charge in [-0.2, -0.15) is 0 Å². The molecule has 0 spiro atoms. The van der Waals surface area contributed by atoms with Crippen molar-refractivity contribution in [2.45, 2.75) is 309 Å². The summed E-state index contributed by atoms with van der Waals surface area (Å²) >= 11 is 0. The standard InChI is InChI=1S/C71H120O6/c1-4-7-10-13-16-19-22-25-28-30-31-32-33-34-35-36-37-38-39-41-43-46-49-52-55-58-61-64-70(73)76-67-68(66-75-69(72)63-60-57-54-51-48-45-42-27-24-21-18-15-12-9-6-3)77-71(74)65-62-59-56-53-50-47-44-40-29-26-23-20-17-14-11-8-5-2/h9,12,17-18,20-22,25-27,29-31,33-34,42,48,51,68H,4-8,10-11,13-16,19,23-24,28,32,35-41,43-47,49-50,52-67H2,1-3H3/b12-9-,20-17-,21-18-,25-22-,29-26-,31-30-,34-33-,42-27-,51-48-. The van der Waals surface area contributed by atoms with Crippen LogP contribution in [0.2, 0.25) is 0 Å². The van der Waals surface area contributed by atoms with Crippen LogP contribution in [0.25, 0.3) is 0 Å². The van der Waals surface area contributed by atoms with Gasteiger partial charge in [0.1, 0.15) is 13.2 Å². The normalized spacial score (nSPS) is 12.8. The molecule has 0 amide bonds. The van der Waals surface area contributed by atoms with Crippen LogP contribution in [0.4, 0.5) is 0 Å². The summed E-state index contributed by atoms with van der Waals surface area (Å²) in [5.41, 5.74) is 0. The number of esters is 3. The molecule has 0 aliphatic carbocycles. The second-order valence-corrected chi connectivity index (χ2v) is 21.3. The summed E-state index contributed by atoms with van der Waals surface area (Å²) in [4.78, 5) is 38.3. The van der Waals surface area contributed by atoms with Crippen LogP contribution in [0.5, 0.6) is 0 Å². The molecule has 0 rings (SSSR count). The molecular weight excluding hydrogens is 949 g/mol. The van der Waals surface area contributed by atoms with Crippen LogP contribution in [-0.2, 0) is 28.6 Å². The quantitative estimate of drug-likeness (QED) is 0.0261. The van der Waals surface area contributed by atoms with Gasteiger partial charge in [0.05, 0.1) is 0 Å². The Morgan fingerprint density at radius 1 is 0.273 bits per heavy atom. The van der Waals surface area contributed by atoms with Gasteiger partial charge in [-0.25, -0.2) is 0 Å². The zero-order valence-corrected chi connectivity index (χ0v) is 50.4. The number of carbonyl (C=O) groups is 3. The van der Waals surface area contributed by atoms with Crippen molar-refractivity contribution in [2.24, 2.45) is 0 Å². The highest BCUT2D eigenvalue weighted by molar-refractivity contribution is 5.71. The summed E-state index contributed by atoms with van der Waals surface area (Å²) in [5, 5.41) is 0. The molecule has 440 valence electrons. The highest BCUT2D eigenvalue weighted by Crippen LogP contribution is 2.16. The molecule has 0 saturated heterocycles. The lowest BCUT2D eigenvalue weighted by atomic mass is 10.0. The lowest BCUT2D eigenvalue weighted by Crippen LogP contribution is -2.30. The molecule has 0 aromatic rings. The highest BCUT2D eigenvalue weighted by Gasteiger charge is 2.19. The van der Waals surface area contributed by atoms with Gasteiger partial charge in [0.25, 0.3) is 0 Å². The van der Waals surface area contributed by atoms with Gasteiger partial charge in [-0.3, -0.25) is 14.4 Å². The largest absolute Gasteiger partial charge is 0.462 e. The van der Waals surface area contributed by atoms with E-state index in [1.807, 2.05) is 0 Å². The van der Waals surface area contributed by atoms with Gasteiger partial charge in [-0.1, -0.05) is 265 Å². The van der Waals surface area contributed by atoms with Crippen molar-refractivity contribution in [3.63, 3.8) is 0 Å². The second-order valence-electron chi connectivity index (χ2n) is 21.3. The fourth-order valence-corrected chi connectivity index (χ4v) is 8.88. The van der Waals surface area contributed by atoms with E-state index in [1.54, 1.807) is 0 Å². The molecule has 0 saturated carbocycles. The Labute approximate surface area is 476 Å². The van der Waals surface area contributed by atoms with Crippen LogP contribution in [0.3, 0.4) is 0 Å². The van der Waals surface area contributed by atoms with Crippen LogP contribution >= 0.6 is 0 Å². The first-order chi connectivity index (χ1) is 38.0.